The molecular formula is C28H35N3O7. The zero-order valence-electron chi connectivity index (χ0n) is 22.6. The fourth-order valence-corrected chi connectivity index (χ4v) is 6.95. The Morgan fingerprint density at radius 1 is 1.16 bits per heavy atom. The molecule has 10 heteroatoms. The van der Waals surface area contributed by atoms with Crippen molar-refractivity contribution in [2.45, 2.75) is 89.1 Å². The lowest BCUT2D eigenvalue weighted by Gasteiger charge is -2.56. The van der Waals surface area contributed by atoms with Crippen LogP contribution >= 0.6 is 0 Å². The van der Waals surface area contributed by atoms with E-state index in [-0.39, 0.29) is 12.3 Å². The summed E-state index contributed by atoms with van der Waals surface area (Å²) in [4.78, 5) is 42.8. The maximum atomic E-state index is 14.1. The van der Waals surface area contributed by atoms with Crippen molar-refractivity contribution < 1.29 is 34.3 Å². The summed E-state index contributed by atoms with van der Waals surface area (Å²) in [7, 11) is 1.57. The van der Waals surface area contributed by atoms with E-state index in [0.29, 0.717) is 47.3 Å². The number of aromatic nitrogens is 1. The van der Waals surface area contributed by atoms with Gasteiger partial charge in [0.15, 0.2) is 5.72 Å². The minimum atomic E-state index is -2.45. The van der Waals surface area contributed by atoms with Crippen LogP contribution in [0.3, 0.4) is 0 Å². The summed E-state index contributed by atoms with van der Waals surface area (Å²) in [6.07, 6.45) is 1.64. The monoisotopic (exact) mass is 525 g/mol. The number of carbonyl (C=O) groups is 2. The first-order valence-corrected chi connectivity index (χ1v) is 13.1. The molecule has 0 radical (unpaired) electrons. The van der Waals surface area contributed by atoms with Crippen LogP contribution in [0.5, 0.6) is 5.75 Å². The molecule has 0 aliphatic carbocycles. The molecule has 2 fully saturated rings. The summed E-state index contributed by atoms with van der Waals surface area (Å²) in [6.45, 7) is 9.81. The molecule has 1 aromatic carbocycles. The average Bonchev–Trinajstić information content (AvgIpc) is 3.47. The number of allylic oxidation sites excluding steroid dienone is 1. The molecule has 10 nitrogen and oxygen atoms in total. The molecule has 5 atom stereocenters. The molecule has 4 aliphatic heterocycles. The predicted molar refractivity (Wildman–Crippen MR) is 137 cm³/mol. The minimum Gasteiger partial charge on any atom is -0.497 e. The highest BCUT2D eigenvalue weighted by Crippen LogP contribution is 2.56. The second-order valence-corrected chi connectivity index (χ2v) is 11.9. The van der Waals surface area contributed by atoms with E-state index in [2.05, 4.69) is 0 Å². The van der Waals surface area contributed by atoms with Gasteiger partial charge in [0.2, 0.25) is 5.91 Å². The number of nitrogens with zero attached hydrogens (tertiary/aromatic N) is 3. The van der Waals surface area contributed by atoms with E-state index in [1.54, 1.807) is 13.2 Å². The number of amides is 2. The van der Waals surface area contributed by atoms with Crippen molar-refractivity contribution in [2.75, 3.05) is 13.7 Å². The highest BCUT2D eigenvalue weighted by atomic mass is 17.2. The molecule has 2 N–H and O–H groups in total. The first kappa shape index (κ1) is 25.4. The van der Waals surface area contributed by atoms with Crippen LogP contribution in [0, 0.1) is 0 Å². The van der Waals surface area contributed by atoms with Crippen molar-refractivity contribution in [1.82, 2.24) is 14.4 Å². The molecule has 0 bridgehead atoms. The van der Waals surface area contributed by atoms with Gasteiger partial charge in [0, 0.05) is 30.0 Å². The lowest BCUT2D eigenvalue weighted by molar-refractivity contribution is -0.420. The lowest BCUT2D eigenvalue weighted by atomic mass is 9.79. The number of benzene rings is 1. The van der Waals surface area contributed by atoms with Gasteiger partial charge in [0.05, 0.1) is 24.4 Å². The molecule has 6 rings (SSSR count). The molecule has 4 aliphatic rings. The molecule has 2 saturated heterocycles. The van der Waals surface area contributed by atoms with Gasteiger partial charge in [-0.3, -0.25) is 14.5 Å². The van der Waals surface area contributed by atoms with Crippen LogP contribution in [0.4, 0.5) is 0 Å². The van der Waals surface area contributed by atoms with E-state index in [4.69, 9.17) is 14.5 Å². The Labute approximate surface area is 221 Å². The molecule has 0 spiro atoms. The van der Waals surface area contributed by atoms with Crippen LogP contribution in [0.15, 0.2) is 29.8 Å². The molecule has 2 aromatic rings. The Morgan fingerprint density at radius 3 is 2.58 bits per heavy atom. The Balaban J connectivity index is 1.74. The number of rotatable bonds is 2. The Hall–Kier alpha value is -2.92. The number of methoxy groups -OCH3 is 1. The number of hydrogen-bond donors (Lipinski definition) is 2. The third-order valence-electron chi connectivity index (χ3n) is 8.37. The molecule has 38 heavy (non-hydrogen) atoms. The first-order chi connectivity index (χ1) is 17.8. The van der Waals surface area contributed by atoms with Crippen molar-refractivity contribution in [3.63, 3.8) is 0 Å². The largest absolute Gasteiger partial charge is 0.497 e. The molecule has 204 valence electrons. The van der Waals surface area contributed by atoms with Crippen LogP contribution in [-0.4, -0.2) is 67.4 Å². The lowest BCUT2D eigenvalue weighted by Crippen LogP contribution is -2.74. The van der Waals surface area contributed by atoms with Gasteiger partial charge < -0.3 is 24.4 Å². The number of hydrogen-bond acceptors (Lipinski definition) is 7. The molecule has 1 aromatic heterocycles. The fourth-order valence-electron chi connectivity index (χ4n) is 6.95. The second kappa shape index (κ2) is 8.05. The van der Waals surface area contributed by atoms with Crippen molar-refractivity contribution in [1.29, 1.82) is 0 Å². The van der Waals surface area contributed by atoms with Crippen molar-refractivity contribution in [2.24, 2.45) is 0 Å². The highest BCUT2D eigenvalue weighted by molar-refractivity contribution is 6.02. The summed E-state index contributed by atoms with van der Waals surface area (Å²) in [5.41, 5.74) is -1.91. The van der Waals surface area contributed by atoms with Gasteiger partial charge in [0.25, 0.3) is 11.6 Å². The first-order valence-electron chi connectivity index (χ1n) is 13.1. The zero-order chi connectivity index (χ0) is 27.4. The average molecular weight is 526 g/mol. The van der Waals surface area contributed by atoms with Crippen LogP contribution in [0.25, 0.3) is 10.9 Å². The van der Waals surface area contributed by atoms with Crippen molar-refractivity contribution >= 4 is 22.7 Å². The van der Waals surface area contributed by atoms with E-state index in [1.165, 1.54) is 9.80 Å². The van der Waals surface area contributed by atoms with E-state index in [1.807, 2.05) is 57.4 Å². The van der Waals surface area contributed by atoms with E-state index < -0.39 is 41.1 Å². The third-order valence-corrected chi connectivity index (χ3v) is 8.37. The van der Waals surface area contributed by atoms with Gasteiger partial charge in [0.1, 0.15) is 23.5 Å². The number of aliphatic hydroxyl groups is 2. The van der Waals surface area contributed by atoms with Gasteiger partial charge in [-0.1, -0.05) is 5.57 Å². The number of piperazine rings is 1. The van der Waals surface area contributed by atoms with Crippen LogP contribution < -0.4 is 4.74 Å². The summed E-state index contributed by atoms with van der Waals surface area (Å²) in [5.74, 6) is -0.423. The highest BCUT2D eigenvalue weighted by Gasteiger charge is 2.67. The molecule has 0 saturated carbocycles. The van der Waals surface area contributed by atoms with E-state index >= 15 is 0 Å². The summed E-state index contributed by atoms with van der Waals surface area (Å²) in [5, 5.41) is 24.7. The van der Waals surface area contributed by atoms with Crippen molar-refractivity contribution in [3.8, 4) is 5.75 Å². The maximum Gasteiger partial charge on any atom is 0.279 e. The molecule has 2 amide bonds. The SMILES string of the molecule is COc1ccc2c3c4n(c2c1)[C@@](C)(C=C(C)C)OOC(C)(C)CC4N1C(=O)[C@@H]2CCCN2C(=O)[C@]1(O)[C@H]3O. The topological polar surface area (TPSA) is 114 Å². The maximum absolute atomic E-state index is 14.1. The minimum absolute atomic E-state index is 0.221. The number of aliphatic hydroxyl groups excluding tert-OH is 1. The fraction of sp³-hybridized carbons (Fsp3) is 0.571. The number of ether oxygens (including phenoxy) is 1. The van der Waals surface area contributed by atoms with Crippen LogP contribution in [-0.2, 0) is 25.1 Å². The van der Waals surface area contributed by atoms with Gasteiger partial charge >= 0.3 is 0 Å². The van der Waals surface area contributed by atoms with Gasteiger partial charge in [-0.05, 0) is 65.7 Å². The standard InChI is InChI=1S/C28H35N3O7/c1-15(2)13-27(5)30-19-12-16(36-6)9-10-17(19)21-22(30)20(14-26(3,4)37-38-27)31-24(33)18-8-7-11-29(18)25(34)28(31,35)23(21)32/h9-10,12-13,18,20,23,32,35H,7-8,11,14H2,1-6H3/t18-,20?,23-,27+,28+/m0/s1. The predicted octanol–water partition coefficient (Wildman–Crippen LogP) is 3.03. The molecule has 1 unspecified atom stereocenters. The van der Waals surface area contributed by atoms with Gasteiger partial charge in [-0.25, -0.2) is 9.78 Å². The third kappa shape index (κ3) is 3.20. The smallest absolute Gasteiger partial charge is 0.279 e. The van der Waals surface area contributed by atoms with E-state index in [9.17, 15) is 19.8 Å². The van der Waals surface area contributed by atoms with Crippen LogP contribution in [0.1, 0.15) is 77.3 Å². The number of fused-ring (bicyclic) bond motifs is 6. The van der Waals surface area contributed by atoms with E-state index in [0.717, 1.165) is 5.57 Å². The van der Waals surface area contributed by atoms with Gasteiger partial charge in [-0.2, -0.15) is 0 Å². The zero-order valence-corrected chi connectivity index (χ0v) is 22.6. The normalized spacial score (nSPS) is 33.8. The van der Waals surface area contributed by atoms with Crippen molar-refractivity contribution in [3.05, 3.63) is 41.1 Å². The summed E-state index contributed by atoms with van der Waals surface area (Å²) >= 11 is 0. The van der Waals surface area contributed by atoms with Crippen LogP contribution in [0.2, 0.25) is 0 Å². The quantitative estimate of drug-likeness (QED) is 0.458. The molecule has 5 heterocycles. The second-order valence-electron chi connectivity index (χ2n) is 11.9. The summed E-state index contributed by atoms with van der Waals surface area (Å²) in [6, 6.07) is 3.97. The summed E-state index contributed by atoms with van der Waals surface area (Å²) < 4.78 is 7.44. The number of carbonyl (C=O) groups excluding carboxylic acids is 2. The Morgan fingerprint density at radius 2 is 1.89 bits per heavy atom. The Kier molecular flexibility index (Phi) is 5.37. The van der Waals surface area contributed by atoms with Gasteiger partial charge in [-0.15, -0.1) is 0 Å². The molecular weight excluding hydrogens is 490 g/mol. The Bertz CT molecular complexity index is 1390.